The molecule has 6 atom stereocenters. The van der Waals surface area contributed by atoms with Crippen molar-refractivity contribution in [2.24, 2.45) is 0 Å². The lowest BCUT2D eigenvalue weighted by molar-refractivity contribution is -0.164. The van der Waals surface area contributed by atoms with E-state index in [1.165, 1.54) is 0 Å². The minimum absolute atomic E-state index is 0.000365. The van der Waals surface area contributed by atoms with Crippen LogP contribution in [-0.4, -0.2) is 137 Å². The summed E-state index contributed by atoms with van der Waals surface area (Å²) in [5.41, 5.74) is 0. The molecule has 0 bridgehead atoms. The van der Waals surface area contributed by atoms with E-state index in [4.69, 9.17) is 24.1 Å². The Kier molecular flexibility index (Phi) is 12.8. The summed E-state index contributed by atoms with van der Waals surface area (Å²) in [6.07, 6.45) is -3.39. The summed E-state index contributed by atoms with van der Waals surface area (Å²) in [5.74, 6) is -3.16. The van der Waals surface area contributed by atoms with E-state index in [0.717, 1.165) is 0 Å². The maximum absolute atomic E-state index is 14.6. The third-order valence-corrected chi connectivity index (χ3v) is 5.35. The first-order chi connectivity index (χ1) is 15.9. The molecule has 2 rings (SSSR count). The molecule has 0 aliphatic carbocycles. The second kappa shape index (κ2) is 15.0. The van der Waals surface area contributed by atoms with Crippen molar-refractivity contribution in [3.8, 4) is 0 Å². The Morgan fingerprint density at radius 2 is 1.76 bits per heavy atom. The molecule has 0 radical (unpaired) electrons. The van der Waals surface area contributed by atoms with Crippen LogP contribution in [0.15, 0.2) is 0 Å². The number of ether oxygens (including phenoxy) is 4. The summed E-state index contributed by atoms with van der Waals surface area (Å²) in [7, 11) is 0. The number of piperazine rings is 1. The SMILES string of the molecule is O=CNCCOCCOCCOCC(F)(F)C1CNCC(N[C@H]2CO[C@H](CO)C(O)[C@@H]2O)N1. The van der Waals surface area contributed by atoms with E-state index < -0.39 is 55.7 Å². The Morgan fingerprint density at radius 3 is 2.45 bits per heavy atom. The van der Waals surface area contributed by atoms with E-state index in [1.54, 1.807) is 0 Å². The minimum atomic E-state index is -3.16. The van der Waals surface area contributed by atoms with Gasteiger partial charge in [-0.3, -0.25) is 15.4 Å². The van der Waals surface area contributed by atoms with E-state index >= 15 is 0 Å². The smallest absolute Gasteiger partial charge is 0.287 e. The average Bonchev–Trinajstić information content (AvgIpc) is 2.81. The molecule has 0 saturated carbocycles. The first-order valence-electron chi connectivity index (χ1n) is 11.0. The average molecular weight is 487 g/mol. The van der Waals surface area contributed by atoms with Crippen molar-refractivity contribution in [2.75, 3.05) is 72.5 Å². The number of aliphatic hydroxyl groups excluding tert-OH is 3. The van der Waals surface area contributed by atoms with E-state index in [1.807, 2.05) is 0 Å². The molecule has 33 heavy (non-hydrogen) atoms. The highest BCUT2D eigenvalue weighted by Crippen LogP contribution is 2.21. The van der Waals surface area contributed by atoms with Crippen molar-refractivity contribution in [1.29, 1.82) is 0 Å². The molecule has 2 aliphatic rings. The number of hydrogen-bond acceptors (Lipinski definition) is 11. The van der Waals surface area contributed by atoms with E-state index in [-0.39, 0.29) is 33.0 Å². The largest absolute Gasteiger partial charge is 0.394 e. The van der Waals surface area contributed by atoms with Crippen LogP contribution in [-0.2, 0) is 23.7 Å². The second-order valence-electron chi connectivity index (χ2n) is 7.85. The maximum Gasteiger partial charge on any atom is 0.287 e. The molecular formula is C19H36F2N4O8. The number of alkyl halides is 2. The monoisotopic (exact) mass is 486 g/mol. The molecular weight excluding hydrogens is 450 g/mol. The van der Waals surface area contributed by atoms with E-state index in [0.29, 0.717) is 32.7 Å². The molecule has 7 N–H and O–H groups in total. The molecule has 2 fully saturated rings. The number of hydrogen-bond donors (Lipinski definition) is 7. The van der Waals surface area contributed by atoms with E-state index in [9.17, 15) is 23.8 Å². The Morgan fingerprint density at radius 1 is 1.06 bits per heavy atom. The van der Waals surface area contributed by atoms with Crippen LogP contribution in [0, 0.1) is 0 Å². The fourth-order valence-electron chi connectivity index (χ4n) is 3.50. The number of carbonyl (C=O) groups excluding carboxylic acids is 1. The molecule has 1 amide bonds. The molecule has 0 aromatic heterocycles. The van der Waals surface area contributed by atoms with E-state index in [2.05, 4.69) is 21.3 Å². The first kappa shape index (κ1) is 28.2. The lowest BCUT2D eigenvalue weighted by Crippen LogP contribution is -2.70. The van der Waals surface area contributed by atoms with Crippen LogP contribution in [0.4, 0.5) is 8.78 Å². The number of aliphatic hydroxyl groups is 3. The van der Waals surface area contributed by atoms with Crippen molar-refractivity contribution in [2.45, 2.75) is 42.5 Å². The molecule has 2 saturated heterocycles. The van der Waals surface area contributed by atoms with Gasteiger partial charge in [0.1, 0.15) is 24.9 Å². The number of nitrogens with one attached hydrogen (secondary N) is 4. The first-order valence-corrected chi connectivity index (χ1v) is 11.0. The topological polar surface area (TPSA) is 163 Å². The Balaban J connectivity index is 1.62. The third-order valence-electron chi connectivity index (χ3n) is 5.35. The van der Waals surface area contributed by atoms with Crippen molar-refractivity contribution in [3.05, 3.63) is 0 Å². The van der Waals surface area contributed by atoms with Crippen LogP contribution in [0.25, 0.3) is 0 Å². The zero-order chi connectivity index (χ0) is 24.1. The van der Waals surface area contributed by atoms with Gasteiger partial charge in [-0.05, 0) is 0 Å². The van der Waals surface area contributed by atoms with Gasteiger partial charge in [-0.1, -0.05) is 0 Å². The second-order valence-corrected chi connectivity index (χ2v) is 7.85. The Hall–Kier alpha value is -1.07. The van der Waals surface area contributed by atoms with Crippen molar-refractivity contribution < 1.29 is 47.8 Å². The normalized spacial score (nSPS) is 30.8. The highest BCUT2D eigenvalue weighted by atomic mass is 19.3. The molecule has 0 aromatic rings. The van der Waals surface area contributed by atoms with Gasteiger partial charge in [-0.25, -0.2) is 8.78 Å². The fourth-order valence-corrected chi connectivity index (χ4v) is 3.50. The Labute approximate surface area is 191 Å². The van der Waals surface area contributed by atoms with Crippen LogP contribution in [0.5, 0.6) is 0 Å². The van der Waals surface area contributed by atoms with Crippen LogP contribution < -0.4 is 21.3 Å². The van der Waals surface area contributed by atoms with Crippen LogP contribution in [0.1, 0.15) is 0 Å². The summed E-state index contributed by atoms with van der Waals surface area (Å²) in [6.45, 7) is 0.674. The van der Waals surface area contributed by atoms with Gasteiger partial charge >= 0.3 is 0 Å². The molecule has 0 spiro atoms. The summed E-state index contributed by atoms with van der Waals surface area (Å²) in [4.78, 5) is 10.1. The molecule has 3 unspecified atom stereocenters. The number of rotatable bonds is 16. The fraction of sp³-hybridized carbons (Fsp3) is 0.947. The van der Waals surface area contributed by atoms with Gasteiger partial charge in [0.15, 0.2) is 0 Å². The van der Waals surface area contributed by atoms with Gasteiger partial charge < -0.3 is 44.9 Å². The van der Waals surface area contributed by atoms with Crippen molar-refractivity contribution in [3.63, 3.8) is 0 Å². The predicted molar refractivity (Wildman–Crippen MR) is 111 cm³/mol. The molecule has 2 aliphatic heterocycles. The van der Waals surface area contributed by atoms with Crippen molar-refractivity contribution >= 4 is 6.41 Å². The highest BCUT2D eigenvalue weighted by molar-refractivity contribution is 5.45. The standard InChI is InChI=1S/C19H36F2N4O8/c20-19(21,11-32-6-5-31-4-3-30-2-1-22-12-27)15-7-23-8-16(25-15)24-13-10-33-14(9-26)18(29)17(13)28/h12-18,23-26,28-29H,1-11H2,(H,22,27)/t13-,14+,15?,16?,17+,18?/m0/s1. The van der Waals surface area contributed by atoms with Gasteiger partial charge in [-0.15, -0.1) is 0 Å². The molecule has 194 valence electrons. The van der Waals surface area contributed by atoms with Crippen LogP contribution >= 0.6 is 0 Å². The van der Waals surface area contributed by atoms with Gasteiger partial charge in [0, 0.05) is 19.6 Å². The van der Waals surface area contributed by atoms with Gasteiger partial charge in [0.05, 0.1) is 64.5 Å². The van der Waals surface area contributed by atoms with Gasteiger partial charge in [0.2, 0.25) is 6.41 Å². The molecule has 12 nitrogen and oxygen atoms in total. The lowest BCUT2D eigenvalue weighted by atomic mass is 9.98. The highest BCUT2D eigenvalue weighted by Gasteiger charge is 2.44. The molecule has 0 aromatic carbocycles. The molecule has 14 heteroatoms. The van der Waals surface area contributed by atoms with Crippen LogP contribution in [0.3, 0.4) is 0 Å². The van der Waals surface area contributed by atoms with Gasteiger partial charge in [0.25, 0.3) is 5.92 Å². The number of carbonyl (C=O) groups is 1. The number of halogens is 2. The maximum atomic E-state index is 14.6. The van der Waals surface area contributed by atoms with Gasteiger partial charge in [-0.2, -0.15) is 0 Å². The minimum Gasteiger partial charge on any atom is -0.394 e. The number of amides is 1. The molecule has 2 heterocycles. The van der Waals surface area contributed by atoms with Crippen molar-refractivity contribution in [1.82, 2.24) is 21.3 Å². The van der Waals surface area contributed by atoms with Crippen LogP contribution in [0.2, 0.25) is 0 Å². The zero-order valence-corrected chi connectivity index (χ0v) is 18.5. The third kappa shape index (κ3) is 9.60. The summed E-state index contributed by atoms with van der Waals surface area (Å²) in [5, 5.41) is 40.5. The quantitative estimate of drug-likeness (QED) is 0.0851. The summed E-state index contributed by atoms with van der Waals surface area (Å²) >= 11 is 0. The summed E-state index contributed by atoms with van der Waals surface area (Å²) < 4.78 is 50.0. The Bertz CT molecular complexity index is 554. The predicted octanol–water partition coefficient (Wildman–Crippen LogP) is -3.62. The lowest BCUT2D eigenvalue weighted by Gasteiger charge is -2.42. The zero-order valence-electron chi connectivity index (χ0n) is 18.5. The summed E-state index contributed by atoms with van der Waals surface area (Å²) in [6, 6.07) is -1.90.